The summed E-state index contributed by atoms with van der Waals surface area (Å²) in [5, 5.41) is 3.40. The second-order valence-corrected chi connectivity index (χ2v) is 5.64. The predicted molar refractivity (Wildman–Crippen MR) is 62.0 cm³/mol. The van der Waals surface area contributed by atoms with E-state index >= 15 is 0 Å². The zero-order valence-electron chi connectivity index (χ0n) is 10.0. The summed E-state index contributed by atoms with van der Waals surface area (Å²) in [6.45, 7) is 0.892. The van der Waals surface area contributed by atoms with Crippen LogP contribution in [0.2, 0.25) is 0 Å². The van der Waals surface area contributed by atoms with Gasteiger partial charge in [0.25, 0.3) is 0 Å². The van der Waals surface area contributed by atoms with Crippen LogP contribution in [-0.2, 0) is 7.05 Å². The molecule has 1 saturated heterocycles. The minimum absolute atomic E-state index is 0.0536. The lowest BCUT2D eigenvalue weighted by atomic mass is 9.62. The summed E-state index contributed by atoms with van der Waals surface area (Å²) in [4.78, 5) is 0. The number of aromatic nitrogens is 1. The maximum atomic E-state index is 13.2. The third-order valence-corrected chi connectivity index (χ3v) is 4.44. The van der Waals surface area contributed by atoms with Crippen molar-refractivity contribution >= 4 is 0 Å². The lowest BCUT2D eigenvalue weighted by molar-refractivity contribution is -0.0955. The van der Waals surface area contributed by atoms with Crippen LogP contribution in [0, 0.1) is 5.41 Å². The first kappa shape index (κ1) is 11.2. The SMILES string of the molecule is Cn1ccc([C@H]2NCC23CCC(F)(F)CC3)c1. The fraction of sp³-hybridized carbons (Fsp3) is 0.692. The smallest absolute Gasteiger partial charge is 0.248 e. The van der Waals surface area contributed by atoms with Gasteiger partial charge in [0.1, 0.15) is 0 Å². The van der Waals surface area contributed by atoms with E-state index in [1.807, 2.05) is 17.8 Å². The zero-order chi connectivity index (χ0) is 12.1. The first-order valence-electron chi connectivity index (χ1n) is 6.24. The molecule has 0 unspecified atom stereocenters. The quantitative estimate of drug-likeness (QED) is 0.798. The highest BCUT2D eigenvalue weighted by Gasteiger charge is 2.52. The van der Waals surface area contributed by atoms with Crippen LogP contribution < -0.4 is 5.32 Å². The Kier molecular flexibility index (Phi) is 2.34. The molecule has 1 aliphatic carbocycles. The molecule has 2 aliphatic rings. The van der Waals surface area contributed by atoms with Crippen molar-refractivity contribution in [3.05, 3.63) is 24.0 Å². The van der Waals surface area contributed by atoms with E-state index in [0.717, 1.165) is 6.54 Å². The van der Waals surface area contributed by atoms with Crippen LogP contribution in [0.3, 0.4) is 0 Å². The highest BCUT2D eigenvalue weighted by atomic mass is 19.3. The third-order valence-electron chi connectivity index (χ3n) is 4.44. The van der Waals surface area contributed by atoms with Crippen molar-refractivity contribution in [2.45, 2.75) is 37.6 Å². The molecule has 1 aromatic heterocycles. The fourth-order valence-electron chi connectivity index (χ4n) is 3.24. The highest BCUT2D eigenvalue weighted by molar-refractivity contribution is 5.23. The topological polar surface area (TPSA) is 17.0 Å². The van der Waals surface area contributed by atoms with E-state index in [-0.39, 0.29) is 24.3 Å². The lowest BCUT2D eigenvalue weighted by Crippen LogP contribution is -2.58. The van der Waals surface area contributed by atoms with Crippen LogP contribution in [0.5, 0.6) is 0 Å². The molecule has 94 valence electrons. The average Bonchev–Trinajstić information content (AvgIpc) is 2.63. The number of hydrogen-bond donors (Lipinski definition) is 1. The summed E-state index contributed by atoms with van der Waals surface area (Å²) in [5.41, 5.74) is 1.33. The Morgan fingerprint density at radius 3 is 2.47 bits per heavy atom. The van der Waals surface area contributed by atoms with Gasteiger partial charge in [-0.2, -0.15) is 0 Å². The normalized spacial score (nSPS) is 30.2. The van der Waals surface area contributed by atoms with Gasteiger partial charge < -0.3 is 9.88 Å². The number of halogens is 2. The minimum atomic E-state index is -2.43. The van der Waals surface area contributed by atoms with Crippen molar-refractivity contribution in [1.29, 1.82) is 0 Å². The van der Waals surface area contributed by atoms with Gasteiger partial charge in [0.2, 0.25) is 5.92 Å². The van der Waals surface area contributed by atoms with Crippen molar-refractivity contribution < 1.29 is 8.78 Å². The summed E-state index contributed by atoms with van der Waals surface area (Å²) in [6.07, 6.45) is 5.50. The Labute approximate surface area is 100 Å². The van der Waals surface area contributed by atoms with Gasteiger partial charge >= 0.3 is 0 Å². The summed E-state index contributed by atoms with van der Waals surface area (Å²) >= 11 is 0. The highest BCUT2D eigenvalue weighted by Crippen LogP contribution is 2.54. The van der Waals surface area contributed by atoms with E-state index in [9.17, 15) is 8.78 Å². The molecule has 1 spiro atoms. The molecule has 1 aromatic rings. The summed E-state index contributed by atoms with van der Waals surface area (Å²) < 4.78 is 28.4. The molecule has 0 radical (unpaired) electrons. The lowest BCUT2D eigenvalue weighted by Gasteiger charge is -2.54. The van der Waals surface area contributed by atoms with Gasteiger partial charge in [0.15, 0.2) is 0 Å². The number of nitrogens with zero attached hydrogens (tertiary/aromatic N) is 1. The Bertz CT molecular complexity index is 415. The van der Waals surface area contributed by atoms with Gasteiger partial charge in [-0.1, -0.05) is 0 Å². The van der Waals surface area contributed by atoms with Gasteiger partial charge in [-0.15, -0.1) is 0 Å². The second kappa shape index (κ2) is 3.55. The first-order valence-corrected chi connectivity index (χ1v) is 6.24. The van der Waals surface area contributed by atoms with Crippen molar-refractivity contribution in [3.63, 3.8) is 0 Å². The molecule has 1 atom stereocenters. The number of aryl methyl sites for hydroxylation is 1. The Morgan fingerprint density at radius 1 is 1.29 bits per heavy atom. The van der Waals surface area contributed by atoms with Gasteiger partial charge in [-0.05, 0) is 24.5 Å². The van der Waals surface area contributed by atoms with Crippen LogP contribution in [0.15, 0.2) is 18.5 Å². The predicted octanol–water partition coefficient (Wildman–Crippen LogP) is 2.87. The molecule has 0 aromatic carbocycles. The van der Waals surface area contributed by atoms with Gasteiger partial charge in [0.05, 0.1) is 0 Å². The van der Waals surface area contributed by atoms with Crippen LogP contribution in [0.1, 0.15) is 37.3 Å². The summed E-state index contributed by atoms with van der Waals surface area (Å²) in [5.74, 6) is -2.43. The molecule has 2 nitrogen and oxygen atoms in total. The monoisotopic (exact) mass is 240 g/mol. The fourth-order valence-corrected chi connectivity index (χ4v) is 3.24. The van der Waals surface area contributed by atoms with Gasteiger partial charge in [-0.3, -0.25) is 0 Å². The van der Waals surface area contributed by atoms with E-state index in [0.29, 0.717) is 12.8 Å². The third kappa shape index (κ3) is 1.79. The summed E-state index contributed by atoms with van der Waals surface area (Å²) in [7, 11) is 1.99. The first-order chi connectivity index (χ1) is 8.01. The molecule has 4 heteroatoms. The minimum Gasteiger partial charge on any atom is -0.357 e. The molecule has 2 heterocycles. The Morgan fingerprint density at radius 2 is 2.00 bits per heavy atom. The maximum absolute atomic E-state index is 13.2. The van der Waals surface area contributed by atoms with Crippen molar-refractivity contribution in [2.75, 3.05) is 6.54 Å². The molecule has 3 rings (SSSR count). The van der Waals surface area contributed by atoms with Crippen molar-refractivity contribution in [3.8, 4) is 0 Å². The van der Waals surface area contributed by atoms with Gasteiger partial charge in [-0.25, -0.2) is 8.78 Å². The molecule has 0 bridgehead atoms. The average molecular weight is 240 g/mol. The van der Waals surface area contributed by atoms with E-state index in [1.54, 1.807) is 0 Å². The Hall–Kier alpha value is -0.900. The number of alkyl halides is 2. The largest absolute Gasteiger partial charge is 0.357 e. The van der Waals surface area contributed by atoms with Crippen molar-refractivity contribution in [1.82, 2.24) is 9.88 Å². The van der Waals surface area contributed by atoms with Crippen LogP contribution >= 0.6 is 0 Å². The number of nitrogens with one attached hydrogen (secondary N) is 1. The number of rotatable bonds is 1. The zero-order valence-corrected chi connectivity index (χ0v) is 10.0. The Balaban J connectivity index is 1.77. The molecule has 0 amide bonds. The summed E-state index contributed by atoms with van der Waals surface area (Å²) in [6, 6.07) is 2.37. The molecule has 1 N–H and O–H groups in total. The molecule has 2 fully saturated rings. The van der Waals surface area contributed by atoms with Crippen LogP contribution in [-0.4, -0.2) is 17.0 Å². The van der Waals surface area contributed by atoms with E-state index < -0.39 is 5.92 Å². The van der Waals surface area contributed by atoms with E-state index in [4.69, 9.17) is 0 Å². The van der Waals surface area contributed by atoms with E-state index in [2.05, 4.69) is 17.6 Å². The molecule has 17 heavy (non-hydrogen) atoms. The standard InChI is InChI=1S/C13H18F2N2/c1-17-7-2-10(8-17)11-12(9-16-11)3-5-13(14,15)6-4-12/h2,7-8,11,16H,3-6,9H2,1H3/t11-/m1/s1. The molecule has 1 aliphatic heterocycles. The maximum Gasteiger partial charge on any atom is 0.248 e. The molecule has 1 saturated carbocycles. The molecular formula is C13H18F2N2. The second-order valence-electron chi connectivity index (χ2n) is 5.64. The van der Waals surface area contributed by atoms with Crippen LogP contribution in [0.25, 0.3) is 0 Å². The van der Waals surface area contributed by atoms with Crippen molar-refractivity contribution in [2.24, 2.45) is 12.5 Å². The number of hydrogen-bond acceptors (Lipinski definition) is 1. The molecular weight excluding hydrogens is 222 g/mol. The van der Waals surface area contributed by atoms with Gasteiger partial charge in [0, 0.05) is 50.3 Å². The van der Waals surface area contributed by atoms with Crippen LogP contribution in [0.4, 0.5) is 8.78 Å². The van der Waals surface area contributed by atoms with E-state index in [1.165, 1.54) is 5.56 Å².